The molecule has 4 rings (SSSR count). The third-order valence-corrected chi connectivity index (χ3v) is 6.00. The number of guanidine groups is 1. The van der Waals surface area contributed by atoms with Crippen LogP contribution in [0.25, 0.3) is 0 Å². The van der Waals surface area contributed by atoms with Crippen LogP contribution in [0.2, 0.25) is 0 Å². The normalized spacial score (nSPS) is 20.2. The SMILES string of the molecule is C=CCNC(=NCc1nnc(C)n1C)NC1CC2(CCCC2)Oc2ccccc21. The molecule has 0 bridgehead atoms. The molecule has 1 aromatic carbocycles. The Balaban J connectivity index is 1.57. The Labute approximate surface area is 172 Å². The van der Waals surface area contributed by atoms with E-state index in [2.05, 4.69) is 45.6 Å². The zero-order chi connectivity index (χ0) is 20.3. The van der Waals surface area contributed by atoms with E-state index in [4.69, 9.17) is 9.73 Å². The van der Waals surface area contributed by atoms with E-state index >= 15 is 0 Å². The van der Waals surface area contributed by atoms with Gasteiger partial charge in [-0.3, -0.25) is 0 Å². The van der Waals surface area contributed by atoms with Gasteiger partial charge in [0, 0.05) is 25.6 Å². The lowest BCUT2D eigenvalue weighted by atomic mass is 9.86. The number of benzene rings is 1. The molecule has 2 heterocycles. The minimum Gasteiger partial charge on any atom is -0.487 e. The van der Waals surface area contributed by atoms with Crippen LogP contribution in [0.5, 0.6) is 5.75 Å². The Morgan fingerprint density at radius 2 is 2.14 bits per heavy atom. The second-order valence-electron chi connectivity index (χ2n) is 7.99. The van der Waals surface area contributed by atoms with Crippen LogP contribution in [0.3, 0.4) is 0 Å². The molecule has 0 radical (unpaired) electrons. The molecule has 1 spiro atoms. The highest BCUT2D eigenvalue weighted by Crippen LogP contribution is 2.46. The first kappa shape index (κ1) is 19.5. The summed E-state index contributed by atoms with van der Waals surface area (Å²) in [6.07, 6.45) is 7.47. The van der Waals surface area contributed by atoms with E-state index in [1.807, 2.05) is 30.7 Å². The third-order valence-electron chi connectivity index (χ3n) is 6.00. The number of aromatic nitrogens is 3. The fraction of sp³-hybridized carbons (Fsp3) is 0.500. The highest BCUT2D eigenvalue weighted by Gasteiger charge is 2.43. The van der Waals surface area contributed by atoms with Gasteiger partial charge in [0.1, 0.15) is 23.7 Å². The first-order valence-corrected chi connectivity index (χ1v) is 10.4. The molecule has 1 unspecified atom stereocenters. The second kappa shape index (κ2) is 8.27. The van der Waals surface area contributed by atoms with Crippen molar-refractivity contribution in [2.24, 2.45) is 12.0 Å². The highest BCUT2D eigenvalue weighted by atomic mass is 16.5. The Morgan fingerprint density at radius 3 is 2.86 bits per heavy atom. The summed E-state index contributed by atoms with van der Waals surface area (Å²) in [5.74, 6) is 3.46. The van der Waals surface area contributed by atoms with E-state index < -0.39 is 0 Å². The van der Waals surface area contributed by atoms with Crippen LogP contribution < -0.4 is 15.4 Å². The summed E-state index contributed by atoms with van der Waals surface area (Å²) in [7, 11) is 1.96. The van der Waals surface area contributed by atoms with Crippen molar-refractivity contribution in [1.82, 2.24) is 25.4 Å². The van der Waals surface area contributed by atoms with Gasteiger partial charge in [-0.2, -0.15) is 0 Å². The summed E-state index contributed by atoms with van der Waals surface area (Å²) in [5.41, 5.74) is 1.13. The van der Waals surface area contributed by atoms with E-state index in [1.54, 1.807) is 0 Å². The smallest absolute Gasteiger partial charge is 0.192 e. The quantitative estimate of drug-likeness (QED) is 0.463. The second-order valence-corrected chi connectivity index (χ2v) is 7.99. The molecule has 0 saturated heterocycles. The van der Waals surface area contributed by atoms with Crippen LogP contribution in [0, 0.1) is 6.92 Å². The fourth-order valence-corrected chi connectivity index (χ4v) is 4.30. The number of aliphatic imine (C=N–C) groups is 1. The molecule has 1 atom stereocenters. The highest BCUT2D eigenvalue weighted by molar-refractivity contribution is 5.80. The molecule has 1 fully saturated rings. The van der Waals surface area contributed by atoms with Gasteiger partial charge >= 0.3 is 0 Å². The predicted molar refractivity (Wildman–Crippen MR) is 114 cm³/mol. The van der Waals surface area contributed by atoms with Crippen LogP contribution in [0.4, 0.5) is 0 Å². The monoisotopic (exact) mass is 394 g/mol. The maximum atomic E-state index is 6.48. The third kappa shape index (κ3) is 4.13. The Kier molecular flexibility index (Phi) is 5.56. The van der Waals surface area contributed by atoms with Crippen molar-refractivity contribution >= 4 is 5.96 Å². The number of hydrogen-bond acceptors (Lipinski definition) is 4. The molecular weight excluding hydrogens is 364 g/mol. The minimum atomic E-state index is -0.0593. The Hall–Kier alpha value is -2.83. The van der Waals surface area contributed by atoms with Crippen LogP contribution in [0.15, 0.2) is 41.9 Å². The number of nitrogens with zero attached hydrogens (tertiary/aromatic N) is 4. The van der Waals surface area contributed by atoms with E-state index in [0.29, 0.717) is 13.1 Å². The average Bonchev–Trinajstić information content (AvgIpc) is 3.30. The molecule has 7 nitrogen and oxygen atoms in total. The van der Waals surface area contributed by atoms with E-state index in [-0.39, 0.29) is 11.6 Å². The Morgan fingerprint density at radius 1 is 1.34 bits per heavy atom. The maximum Gasteiger partial charge on any atom is 0.192 e. The van der Waals surface area contributed by atoms with Crippen molar-refractivity contribution in [3.63, 3.8) is 0 Å². The van der Waals surface area contributed by atoms with Gasteiger partial charge < -0.3 is 19.9 Å². The molecule has 1 saturated carbocycles. The van der Waals surface area contributed by atoms with Gasteiger partial charge in [-0.05, 0) is 38.7 Å². The van der Waals surface area contributed by atoms with Gasteiger partial charge in [-0.1, -0.05) is 24.3 Å². The number of para-hydroxylation sites is 1. The summed E-state index contributed by atoms with van der Waals surface area (Å²) in [4.78, 5) is 4.77. The van der Waals surface area contributed by atoms with Crippen LogP contribution in [0.1, 0.15) is 55.4 Å². The van der Waals surface area contributed by atoms with E-state index in [0.717, 1.165) is 42.6 Å². The van der Waals surface area contributed by atoms with Gasteiger partial charge in [0.05, 0.1) is 6.04 Å². The zero-order valence-corrected chi connectivity index (χ0v) is 17.3. The number of hydrogen-bond donors (Lipinski definition) is 2. The zero-order valence-electron chi connectivity index (χ0n) is 17.3. The van der Waals surface area contributed by atoms with Crippen molar-refractivity contribution in [2.45, 2.75) is 57.2 Å². The fourth-order valence-electron chi connectivity index (χ4n) is 4.30. The molecule has 2 aromatic rings. The van der Waals surface area contributed by atoms with Crippen molar-refractivity contribution in [2.75, 3.05) is 6.54 Å². The van der Waals surface area contributed by atoms with Crippen molar-refractivity contribution in [3.05, 3.63) is 54.1 Å². The molecule has 29 heavy (non-hydrogen) atoms. The van der Waals surface area contributed by atoms with Gasteiger partial charge in [0.2, 0.25) is 0 Å². The average molecular weight is 395 g/mol. The molecule has 1 aromatic heterocycles. The van der Waals surface area contributed by atoms with E-state index in [1.165, 1.54) is 18.4 Å². The number of fused-ring (bicyclic) bond motifs is 1. The van der Waals surface area contributed by atoms with Crippen LogP contribution in [-0.2, 0) is 13.6 Å². The lowest BCUT2D eigenvalue weighted by Crippen LogP contribution is -2.46. The van der Waals surface area contributed by atoms with Gasteiger partial charge in [-0.25, -0.2) is 4.99 Å². The predicted octanol–water partition coefficient (Wildman–Crippen LogP) is 3.18. The van der Waals surface area contributed by atoms with Crippen molar-refractivity contribution in [3.8, 4) is 5.75 Å². The lowest BCUT2D eigenvalue weighted by Gasteiger charge is -2.40. The number of aryl methyl sites for hydroxylation is 1. The molecule has 1 aliphatic carbocycles. The van der Waals surface area contributed by atoms with Crippen molar-refractivity contribution in [1.29, 1.82) is 0 Å². The van der Waals surface area contributed by atoms with Crippen LogP contribution in [-0.4, -0.2) is 32.9 Å². The summed E-state index contributed by atoms with van der Waals surface area (Å²) >= 11 is 0. The molecular formula is C22H30N6O. The first-order valence-electron chi connectivity index (χ1n) is 10.4. The number of rotatable bonds is 5. The van der Waals surface area contributed by atoms with Gasteiger partial charge in [-0.15, -0.1) is 16.8 Å². The molecule has 1 aliphatic heterocycles. The molecule has 2 N–H and O–H groups in total. The summed E-state index contributed by atoms with van der Waals surface area (Å²) in [6, 6.07) is 8.49. The standard InChI is InChI=1S/C22H30N6O/c1-4-13-23-21(24-15-20-27-26-16(2)28(20)3)25-18-14-22(11-7-8-12-22)29-19-10-6-5-9-17(18)19/h4-6,9-10,18H,1,7-8,11-15H2,2-3H3,(H2,23,24,25). The van der Waals surface area contributed by atoms with Gasteiger partial charge in [0.25, 0.3) is 0 Å². The van der Waals surface area contributed by atoms with Crippen molar-refractivity contribution < 1.29 is 4.74 Å². The van der Waals surface area contributed by atoms with Crippen LogP contribution >= 0.6 is 0 Å². The first-order chi connectivity index (χ1) is 14.1. The molecule has 154 valence electrons. The van der Waals surface area contributed by atoms with E-state index in [9.17, 15) is 0 Å². The minimum absolute atomic E-state index is 0.0593. The summed E-state index contributed by atoms with van der Waals surface area (Å²) in [5, 5.41) is 15.3. The number of nitrogens with one attached hydrogen (secondary N) is 2. The largest absolute Gasteiger partial charge is 0.487 e. The lowest BCUT2D eigenvalue weighted by molar-refractivity contribution is 0.0396. The Bertz CT molecular complexity index is 896. The maximum absolute atomic E-state index is 6.48. The summed E-state index contributed by atoms with van der Waals surface area (Å²) in [6.45, 7) is 6.85. The molecule has 0 amide bonds. The summed E-state index contributed by atoms with van der Waals surface area (Å²) < 4.78 is 8.45. The number of ether oxygens (including phenoxy) is 1. The molecule has 7 heteroatoms. The van der Waals surface area contributed by atoms with Gasteiger partial charge in [0.15, 0.2) is 11.8 Å². The molecule has 2 aliphatic rings. The topological polar surface area (TPSA) is 76.4 Å².